The molecule has 2 aliphatic rings. The largest absolute Gasteiger partial charge is 0.481 e. The summed E-state index contributed by atoms with van der Waals surface area (Å²) in [6, 6.07) is 1.69. The quantitative estimate of drug-likeness (QED) is 0.791. The van der Waals surface area contributed by atoms with E-state index >= 15 is 0 Å². The average molecular weight is 261 g/mol. The Hall–Kier alpha value is -2.11. The number of nitrogens with one attached hydrogen (secondary N) is 1. The van der Waals surface area contributed by atoms with Crippen LogP contribution < -0.4 is 5.32 Å². The summed E-state index contributed by atoms with van der Waals surface area (Å²) in [5, 5.41) is 16.1. The van der Waals surface area contributed by atoms with E-state index in [9.17, 15) is 14.7 Å². The van der Waals surface area contributed by atoms with Crippen molar-refractivity contribution in [3.63, 3.8) is 0 Å². The number of amides is 1. The summed E-state index contributed by atoms with van der Waals surface area (Å²) in [4.78, 5) is 23.6. The number of rotatable bonds is 3. The van der Waals surface area contributed by atoms with E-state index in [4.69, 9.17) is 0 Å². The first-order valence-electron chi connectivity index (χ1n) is 6.28. The molecule has 0 aliphatic heterocycles. The predicted octanol–water partition coefficient (Wildman–Crippen LogP) is 0.881. The SMILES string of the molecule is Cn1ccc(NC(=O)C2C3C=CC(C3)C2C(=O)O)n1. The normalized spacial score (nSPS) is 31.6. The Bertz CT molecular complexity index is 563. The van der Waals surface area contributed by atoms with Gasteiger partial charge >= 0.3 is 5.97 Å². The third kappa shape index (κ3) is 1.93. The van der Waals surface area contributed by atoms with Crippen LogP contribution in [0.15, 0.2) is 24.4 Å². The monoisotopic (exact) mass is 261 g/mol. The number of carbonyl (C=O) groups excluding carboxylic acids is 1. The van der Waals surface area contributed by atoms with E-state index in [-0.39, 0.29) is 17.7 Å². The van der Waals surface area contributed by atoms with Crippen LogP contribution in [0.2, 0.25) is 0 Å². The molecule has 100 valence electrons. The molecule has 2 bridgehead atoms. The second-order valence-electron chi connectivity index (χ2n) is 5.20. The molecule has 1 aromatic rings. The number of carboxylic acids is 1. The van der Waals surface area contributed by atoms with Crippen LogP contribution in [-0.2, 0) is 16.6 Å². The van der Waals surface area contributed by atoms with Gasteiger partial charge in [-0.25, -0.2) is 0 Å². The lowest BCUT2D eigenvalue weighted by Crippen LogP contribution is -2.36. The molecule has 2 N–H and O–H groups in total. The van der Waals surface area contributed by atoms with Gasteiger partial charge in [0.25, 0.3) is 0 Å². The first-order chi connectivity index (χ1) is 9.06. The summed E-state index contributed by atoms with van der Waals surface area (Å²) in [6.45, 7) is 0. The molecule has 6 nitrogen and oxygen atoms in total. The molecule has 4 unspecified atom stereocenters. The van der Waals surface area contributed by atoms with Gasteiger partial charge in [0, 0.05) is 19.3 Å². The van der Waals surface area contributed by atoms with Crippen molar-refractivity contribution in [2.24, 2.45) is 30.7 Å². The van der Waals surface area contributed by atoms with Gasteiger partial charge in [-0.05, 0) is 18.3 Å². The zero-order valence-corrected chi connectivity index (χ0v) is 10.5. The molecule has 0 spiro atoms. The number of carboxylic acid groups (broad SMARTS) is 1. The minimum absolute atomic E-state index is 0.0121. The van der Waals surface area contributed by atoms with E-state index in [2.05, 4.69) is 10.4 Å². The van der Waals surface area contributed by atoms with Gasteiger partial charge in [0.2, 0.25) is 5.91 Å². The van der Waals surface area contributed by atoms with Gasteiger partial charge in [0.05, 0.1) is 11.8 Å². The van der Waals surface area contributed by atoms with Crippen molar-refractivity contribution >= 4 is 17.7 Å². The number of aryl methyl sites for hydroxylation is 1. The molecular formula is C13H15N3O3. The highest BCUT2D eigenvalue weighted by atomic mass is 16.4. The second kappa shape index (κ2) is 4.22. The highest BCUT2D eigenvalue weighted by Crippen LogP contribution is 2.48. The number of nitrogens with zero attached hydrogens (tertiary/aromatic N) is 2. The van der Waals surface area contributed by atoms with Crippen LogP contribution in [0.4, 0.5) is 5.82 Å². The average Bonchev–Trinajstić information content (AvgIpc) is 3.03. The van der Waals surface area contributed by atoms with Crippen LogP contribution in [-0.4, -0.2) is 26.8 Å². The Morgan fingerprint density at radius 1 is 1.37 bits per heavy atom. The van der Waals surface area contributed by atoms with E-state index < -0.39 is 17.8 Å². The molecule has 0 radical (unpaired) electrons. The number of hydrogen-bond acceptors (Lipinski definition) is 3. The van der Waals surface area contributed by atoms with E-state index in [0.29, 0.717) is 5.82 Å². The van der Waals surface area contributed by atoms with Crippen LogP contribution in [0.5, 0.6) is 0 Å². The highest BCUT2D eigenvalue weighted by molar-refractivity contribution is 5.95. The van der Waals surface area contributed by atoms with E-state index in [1.807, 2.05) is 12.2 Å². The van der Waals surface area contributed by atoms with Crippen LogP contribution >= 0.6 is 0 Å². The molecule has 1 heterocycles. The first-order valence-corrected chi connectivity index (χ1v) is 6.28. The molecule has 4 atom stereocenters. The van der Waals surface area contributed by atoms with Gasteiger partial charge in [-0.2, -0.15) is 5.10 Å². The Balaban J connectivity index is 1.79. The Labute approximate surface area is 110 Å². The molecular weight excluding hydrogens is 246 g/mol. The van der Waals surface area contributed by atoms with Crippen LogP contribution in [0, 0.1) is 23.7 Å². The maximum atomic E-state index is 12.3. The number of aromatic nitrogens is 2. The molecule has 1 amide bonds. The van der Waals surface area contributed by atoms with Crippen molar-refractivity contribution in [3.05, 3.63) is 24.4 Å². The number of anilines is 1. The number of fused-ring (bicyclic) bond motifs is 2. The van der Waals surface area contributed by atoms with Gasteiger partial charge in [0.15, 0.2) is 5.82 Å². The Morgan fingerprint density at radius 3 is 2.63 bits per heavy atom. The van der Waals surface area contributed by atoms with Crippen molar-refractivity contribution in [2.75, 3.05) is 5.32 Å². The third-order valence-corrected chi connectivity index (χ3v) is 4.01. The number of aliphatic carboxylic acids is 1. The summed E-state index contributed by atoms with van der Waals surface area (Å²) in [5.74, 6) is -1.76. The summed E-state index contributed by atoms with van der Waals surface area (Å²) >= 11 is 0. The van der Waals surface area contributed by atoms with Gasteiger partial charge in [-0.3, -0.25) is 14.3 Å². The summed E-state index contributed by atoms with van der Waals surface area (Å²) < 4.78 is 1.59. The molecule has 19 heavy (non-hydrogen) atoms. The molecule has 1 saturated carbocycles. The van der Waals surface area contributed by atoms with Gasteiger partial charge in [0.1, 0.15) is 0 Å². The number of hydrogen-bond donors (Lipinski definition) is 2. The van der Waals surface area contributed by atoms with Crippen molar-refractivity contribution in [3.8, 4) is 0 Å². The van der Waals surface area contributed by atoms with Crippen LogP contribution in [0.3, 0.4) is 0 Å². The fourth-order valence-corrected chi connectivity index (χ4v) is 3.21. The lowest BCUT2D eigenvalue weighted by molar-refractivity contribution is -0.146. The second-order valence-corrected chi connectivity index (χ2v) is 5.20. The summed E-state index contributed by atoms with van der Waals surface area (Å²) in [5.41, 5.74) is 0. The topological polar surface area (TPSA) is 84.2 Å². The van der Waals surface area contributed by atoms with Crippen LogP contribution in [0.25, 0.3) is 0 Å². The Morgan fingerprint density at radius 2 is 2.05 bits per heavy atom. The van der Waals surface area contributed by atoms with Crippen molar-refractivity contribution in [1.29, 1.82) is 0 Å². The van der Waals surface area contributed by atoms with E-state index in [0.717, 1.165) is 6.42 Å². The predicted molar refractivity (Wildman–Crippen MR) is 67.2 cm³/mol. The van der Waals surface area contributed by atoms with Crippen LogP contribution in [0.1, 0.15) is 6.42 Å². The van der Waals surface area contributed by atoms with E-state index in [1.54, 1.807) is 24.0 Å². The summed E-state index contributed by atoms with van der Waals surface area (Å²) in [6.07, 6.45) is 6.38. The smallest absolute Gasteiger partial charge is 0.307 e. The zero-order valence-electron chi connectivity index (χ0n) is 10.5. The van der Waals surface area contributed by atoms with Crippen molar-refractivity contribution in [1.82, 2.24) is 9.78 Å². The van der Waals surface area contributed by atoms with E-state index in [1.165, 1.54) is 0 Å². The van der Waals surface area contributed by atoms with Crippen molar-refractivity contribution in [2.45, 2.75) is 6.42 Å². The molecule has 2 aliphatic carbocycles. The minimum Gasteiger partial charge on any atom is -0.481 e. The molecule has 6 heteroatoms. The lowest BCUT2D eigenvalue weighted by Gasteiger charge is -2.23. The Kier molecular flexibility index (Phi) is 2.66. The van der Waals surface area contributed by atoms with Gasteiger partial charge in [-0.15, -0.1) is 0 Å². The molecule has 0 saturated heterocycles. The third-order valence-electron chi connectivity index (χ3n) is 4.01. The summed E-state index contributed by atoms with van der Waals surface area (Å²) in [7, 11) is 1.76. The number of carbonyl (C=O) groups is 2. The maximum Gasteiger partial charge on any atom is 0.307 e. The molecule has 1 aromatic heterocycles. The minimum atomic E-state index is -0.891. The first kappa shape index (κ1) is 12.0. The van der Waals surface area contributed by atoms with Gasteiger partial charge < -0.3 is 10.4 Å². The lowest BCUT2D eigenvalue weighted by atomic mass is 9.82. The fraction of sp³-hybridized carbons (Fsp3) is 0.462. The van der Waals surface area contributed by atoms with Crippen molar-refractivity contribution < 1.29 is 14.7 Å². The fourth-order valence-electron chi connectivity index (χ4n) is 3.21. The number of allylic oxidation sites excluding steroid dienone is 2. The maximum absolute atomic E-state index is 12.3. The standard InChI is InChI=1S/C13H15N3O3/c1-16-5-4-9(15-16)14-12(17)10-7-2-3-8(6-7)11(10)13(18)19/h2-5,7-8,10-11H,6H2,1H3,(H,18,19)(H,14,15,17). The molecule has 0 aromatic carbocycles. The zero-order chi connectivity index (χ0) is 13.6. The molecule has 1 fully saturated rings. The van der Waals surface area contributed by atoms with Gasteiger partial charge in [-0.1, -0.05) is 12.2 Å². The molecule has 3 rings (SSSR count). The highest BCUT2D eigenvalue weighted by Gasteiger charge is 2.51.